The zero-order valence-corrected chi connectivity index (χ0v) is 13.1. The lowest BCUT2D eigenvalue weighted by molar-refractivity contribution is 0.0213. The average Bonchev–Trinajstić information content (AvgIpc) is 2.79. The number of nitrogens with zero attached hydrogens (tertiary/aromatic N) is 1. The van der Waals surface area contributed by atoms with Crippen LogP contribution in [0.4, 0.5) is 4.79 Å². The topological polar surface area (TPSA) is 29.5 Å². The van der Waals surface area contributed by atoms with E-state index in [1.807, 2.05) is 23.1 Å². The van der Waals surface area contributed by atoms with Crippen LogP contribution in [0.3, 0.4) is 0 Å². The monoisotopic (exact) mass is 285 g/mol. The molecule has 0 N–H and O–H groups in total. The van der Waals surface area contributed by atoms with Gasteiger partial charge in [-0.05, 0) is 39.2 Å². The highest BCUT2D eigenvalue weighted by atomic mass is 16.6. The van der Waals surface area contributed by atoms with Gasteiger partial charge in [0.1, 0.15) is 5.60 Å². The van der Waals surface area contributed by atoms with Gasteiger partial charge in [-0.3, -0.25) is 4.90 Å². The Kier molecular flexibility index (Phi) is 3.12. The van der Waals surface area contributed by atoms with Crippen LogP contribution in [0.15, 0.2) is 42.5 Å². The number of benzene rings is 1. The molecule has 3 nitrogen and oxygen atoms in total. The molecule has 1 saturated carbocycles. The molecule has 1 saturated heterocycles. The molecule has 3 rings (SSSR count). The lowest BCUT2D eigenvalue weighted by atomic mass is 9.76. The average molecular weight is 285 g/mol. The predicted octanol–water partition coefficient (Wildman–Crippen LogP) is 4.14. The second-order valence-corrected chi connectivity index (χ2v) is 6.76. The maximum Gasteiger partial charge on any atom is 0.411 e. The van der Waals surface area contributed by atoms with Crippen LogP contribution in [-0.2, 0) is 11.3 Å². The van der Waals surface area contributed by atoms with E-state index in [1.165, 1.54) is 0 Å². The van der Waals surface area contributed by atoms with E-state index in [9.17, 15) is 4.79 Å². The van der Waals surface area contributed by atoms with Crippen LogP contribution in [0.1, 0.15) is 39.2 Å². The normalized spacial score (nSPS) is 34.7. The number of carbonyl (C=O) groups is 1. The molecule has 1 aromatic rings. The Hall–Kier alpha value is -1.77. The number of hydrogen-bond donors (Lipinski definition) is 0. The predicted molar refractivity (Wildman–Crippen MR) is 82.8 cm³/mol. The quantitative estimate of drug-likeness (QED) is 0.781. The van der Waals surface area contributed by atoms with Crippen molar-refractivity contribution in [1.82, 2.24) is 4.90 Å². The summed E-state index contributed by atoms with van der Waals surface area (Å²) in [5.41, 5.74) is 1.54. The maximum atomic E-state index is 12.4. The van der Waals surface area contributed by atoms with Crippen molar-refractivity contribution in [2.45, 2.75) is 51.3 Å². The highest BCUT2D eigenvalue weighted by Crippen LogP contribution is 2.56. The molecule has 0 radical (unpaired) electrons. The number of fused-ring (bicyclic) bond motifs is 1. The van der Waals surface area contributed by atoms with Gasteiger partial charge in [0.25, 0.3) is 0 Å². The molecule has 3 heteroatoms. The summed E-state index contributed by atoms with van der Waals surface area (Å²) in [7, 11) is 0. The molecule has 2 fully saturated rings. The van der Waals surface area contributed by atoms with Crippen LogP contribution in [0.5, 0.6) is 0 Å². The van der Waals surface area contributed by atoms with Gasteiger partial charge in [-0.25, -0.2) is 4.79 Å². The summed E-state index contributed by atoms with van der Waals surface area (Å²) in [6.07, 6.45) is 1.73. The Labute approximate surface area is 126 Å². The minimum absolute atomic E-state index is 0.199. The molecule has 2 aliphatic rings. The van der Waals surface area contributed by atoms with Gasteiger partial charge in [0.2, 0.25) is 0 Å². The van der Waals surface area contributed by atoms with Gasteiger partial charge in [-0.1, -0.05) is 42.5 Å². The number of ether oxygens (including phenoxy) is 1. The maximum absolute atomic E-state index is 12.4. The van der Waals surface area contributed by atoms with Crippen molar-refractivity contribution in [1.29, 1.82) is 0 Å². The van der Waals surface area contributed by atoms with Gasteiger partial charge in [0.15, 0.2) is 0 Å². The molecule has 21 heavy (non-hydrogen) atoms. The second kappa shape index (κ2) is 4.62. The molecule has 1 heterocycles. The first kappa shape index (κ1) is 14.2. The van der Waals surface area contributed by atoms with Crippen LogP contribution < -0.4 is 0 Å². The molecule has 112 valence electrons. The van der Waals surface area contributed by atoms with Crippen molar-refractivity contribution >= 4 is 6.09 Å². The Morgan fingerprint density at radius 1 is 1.38 bits per heavy atom. The van der Waals surface area contributed by atoms with Crippen molar-refractivity contribution in [2.24, 2.45) is 5.92 Å². The van der Waals surface area contributed by atoms with Crippen molar-refractivity contribution in [3.05, 3.63) is 48.0 Å². The third-order valence-electron chi connectivity index (χ3n) is 5.53. The summed E-state index contributed by atoms with van der Waals surface area (Å²) < 4.78 is 5.79. The largest absolute Gasteiger partial charge is 0.441 e. The van der Waals surface area contributed by atoms with Gasteiger partial charge in [0.05, 0.1) is 5.54 Å². The van der Waals surface area contributed by atoms with Gasteiger partial charge in [0, 0.05) is 12.5 Å². The van der Waals surface area contributed by atoms with E-state index in [4.69, 9.17) is 4.74 Å². The molecule has 1 aromatic carbocycles. The zero-order chi connectivity index (χ0) is 15.3. The SMILES string of the molecule is C=C(C)[C@H]1CC[C@@]2(C)OC(=O)N(Cc3ccccc3)[C@]12C. The summed E-state index contributed by atoms with van der Waals surface area (Å²) in [6.45, 7) is 11.0. The van der Waals surface area contributed by atoms with Gasteiger partial charge < -0.3 is 4.74 Å². The van der Waals surface area contributed by atoms with Gasteiger partial charge >= 0.3 is 6.09 Å². The first-order valence-electron chi connectivity index (χ1n) is 7.58. The summed E-state index contributed by atoms with van der Waals surface area (Å²) in [6, 6.07) is 10.1. The number of hydrogen-bond acceptors (Lipinski definition) is 2. The summed E-state index contributed by atoms with van der Waals surface area (Å²) in [4.78, 5) is 14.4. The van der Waals surface area contributed by atoms with Crippen molar-refractivity contribution < 1.29 is 9.53 Å². The fourth-order valence-corrected chi connectivity index (χ4v) is 4.11. The van der Waals surface area contributed by atoms with E-state index in [-0.39, 0.29) is 17.6 Å². The molecule has 0 spiro atoms. The number of rotatable bonds is 3. The van der Waals surface area contributed by atoms with Crippen LogP contribution in [0.2, 0.25) is 0 Å². The van der Waals surface area contributed by atoms with E-state index >= 15 is 0 Å². The first-order valence-corrected chi connectivity index (χ1v) is 7.58. The Balaban J connectivity index is 1.99. The molecular weight excluding hydrogens is 262 g/mol. The smallest absolute Gasteiger partial charge is 0.411 e. The van der Waals surface area contributed by atoms with Gasteiger partial charge in [-0.15, -0.1) is 0 Å². The summed E-state index contributed by atoms with van der Waals surface area (Å²) in [5.74, 6) is 0.290. The van der Waals surface area contributed by atoms with E-state index in [0.29, 0.717) is 6.54 Å². The number of carbonyl (C=O) groups excluding carboxylic acids is 1. The fourth-order valence-electron chi connectivity index (χ4n) is 4.11. The van der Waals surface area contributed by atoms with Crippen LogP contribution >= 0.6 is 0 Å². The second-order valence-electron chi connectivity index (χ2n) is 6.76. The molecule has 0 bridgehead atoms. The van der Waals surface area contributed by atoms with Crippen LogP contribution in [0.25, 0.3) is 0 Å². The summed E-state index contributed by atoms with van der Waals surface area (Å²) >= 11 is 0. The van der Waals surface area contributed by atoms with Crippen molar-refractivity contribution in [3.63, 3.8) is 0 Å². The molecule has 1 amide bonds. The Morgan fingerprint density at radius 2 is 2.05 bits per heavy atom. The highest BCUT2D eigenvalue weighted by molar-refractivity contribution is 5.73. The van der Waals surface area contributed by atoms with Crippen LogP contribution in [-0.4, -0.2) is 22.1 Å². The molecule has 1 aliphatic heterocycles. The van der Waals surface area contributed by atoms with E-state index < -0.39 is 5.60 Å². The highest BCUT2D eigenvalue weighted by Gasteiger charge is 2.66. The minimum Gasteiger partial charge on any atom is -0.441 e. The lowest BCUT2D eigenvalue weighted by Crippen LogP contribution is -2.55. The van der Waals surface area contributed by atoms with Crippen molar-refractivity contribution in [3.8, 4) is 0 Å². The van der Waals surface area contributed by atoms with Crippen molar-refractivity contribution in [2.75, 3.05) is 0 Å². The fraction of sp³-hybridized carbons (Fsp3) is 0.500. The Morgan fingerprint density at radius 3 is 2.67 bits per heavy atom. The summed E-state index contributed by atoms with van der Waals surface area (Å²) in [5, 5.41) is 0. The van der Waals surface area contributed by atoms with Gasteiger partial charge in [-0.2, -0.15) is 0 Å². The molecule has 3 atom stereocenters. The first-order chi connectivity index (χ1) is 9.88. The van der Waals surface area contributed by atoms with E-state index in [1.54, 1.807) is 0 Å². The number of amides is 1. The molecule has 0 aromatic heterocycles. The van der Waals surface area contributed by atoms with E-state index in [2.05, 4.69) is 39.5 Å². The standard InChI is InChI=1S/C18H23NO2/c1-13(2)15-10-11-17(3)18(15,4)19(16(20)21-17)12-14-8-6-5-7-9-14/h5-9,15H,1,10-12H2,2-4H3/t15-,17-,18-/m1/s1. The minimum atomic E-state index is -0.414. The Bertz CT molecular complexity index is 582. The van der Waals surface area contributed by atoms with E-state index in [0.717, 1.165) is 24.0 Å². The third-order valence-corrected chi connectivity index (χ3v) is 5.53. The molecule has 1 aliphatic carbocycles. The zero-order valence-electron chi connectivity index (χ0n) is 13.1. The third kappa shape index (κ3) is 1.90. The lowest BCUT2D eigenvalue weighted by Gasteiger charge is -2.41. The van der Waals surface area contributed by atoms with Crippen LogP contribution in [0, 0.1) is 5.92 Å². The molecule has 0 unspecified atom stereocenters. The molecular formula is C18H23NO2.